The van der Waals surface area contributed by atoms with Crippen molar-refractivity contribution in [1.29, 1.82) is 0 Å². The molecule has 1 aromatic carbocycles. The molecular weight excluding hydrogens is 246 g/mol. The molecule has 19 heavy (non-hydrogen) atoms. The van der Waals surface area contributed by atoms with E-state index in [0.717, 1.165) is 17.7 Å². The number of oxazole rings is 1. The molecule has 0 bridgehead atoms. The zero-order chi connectivity index (χ0) is 13.8. The first-order valence-corrected chi connectivity index (χ1v) is 6.02. The van der Waals surface area contributed by atoms with Gasteiger partial charge in [-0.3, -0.25) is 10.1 Å². The number of benzene rings is 1. The van der Waals surface area contributed by atoms with Crippen molar-refractivity contribution in [2.45, 2.75) is 26.8 Å². The van der Waals surface area contributed by atoms with Gasteiger partial charge in [0.2, 0.25) is 5.89 Å². The summed E-state index contributed by atoms with van der Waals surface area (Å²) in [6.45, 7) is 4.28. The number of nitro benzene ring substituents is 1. The number of non-ortho nitro benzene ring substituents is 1. The summed E-state index contributed by atoms with van der Waals surface area (Å²) in [4.78, 5) is 14.4. The molecule has 6 heteroatoms. The van der Waals surface area contributed by atoms with Crippen molar-refractivity contribution in [2.24, 2.45) is 0 Å². The molecule has 0 atom stereocenters. The van der Waals surface area contributed by atoms with Crippen LogP contribution in [0.5, 0.6) is 0 Å². The minimum atomic E-state index is -0.412. The van der Waals surface area contributed by atoms with Crippen LogP contribution in [-0.2, 0) is 13.0 Å². The Morgan fingerprint density at radius 3 is 2.89 bits per heavy atom. The Balaban J connectivity index is 2.10. The molecule has 0 unspecified atom stereocenters. The second-order valence-electron chi connectivity index (χ2n) is 4.18. The van der Waals surface area contributed by atoms with Crippen molar-refractivity contribution < 1.29 is 9.34 Å². The number of hydrogen-bond acceptors (Lipinski definition) is 5. The van der Waals surface area contributed by atoms with Gasteiger partial charge in [0.1, 0.15) is 5.76 Å². The second-order valence-corrected chi connectivity index (χ2v) is 4.18. The van der Waals surface area contributed by atoms with Crippen molar-refractivity contribution in [3.63, 3.8) is 0 Å². The second kappa shape index (κ2) is 5.51. The maximum Gasteiger partial charge on any atom is 0.271 e. The third kappa shape index (κ3) is 3.09. The monoisotopic (exact) mass is 261 g/mol. The van der Waals surface area contributed by atoms with E-state index in [0.29, 0.717) is 18.1 Å². The summed E-state index contributed by atoms with van der Waals surface area (Å²) < 4.78 is 5.46. The van der Waals surface area contributed by atoms with Gasteiger partial charge in [0.05, 0.1) is 17.7 Å². The fourth-order valence-corrected chi connectivity index (χ4v) is 1.68. The first kappa shape index (κ1) is 13.1. The molecule has 2 rings (SSSR count). The Labute approximate surface area is 110 Å². The van der Waals surface area contributed by atoms with Crippen molar-refractivity contribution in [3.05, 3.63) is 51.7 Å². The number of rotatable bonds is 5. The quantitative estimate of drug-likeness (QED) is 0.660. The summed E-state index contributed by atoms with van der Waals surface area (Å²) in [5, 5.41) is 13.8. The van der Waals surface area contributed by atoms with Crippen LogP contribution >= 0.6 is 0 Å². The SMILES string of the molecule is CCc1cnc(CNc2cc([N+](=O)[O-])ccc2C)o1. The molecule has 0 aliphatic carbocycles. The third-order valence-electron chi connectivity index (χ3n) is 2.81. The Kier molecular flexibility index (Phi) is 3.79. The van der Waals surface area contributed by atoms with E-state index in [1.807, 2.05) is 13.8 Å². The summed E-state index contributed by atoms with van der Waals surface area (Å²) in [5.41, 5.74) is 1.72. The molecular formula is C13H15N3O3. The average molecular weight is 261 g/mol. The van der Waals surface area contributed by atoms with Crippen LogP contribution < -0.4 is 5.32 Å². The van der Waals surface area contributed by atoms with Crippen molar-refractivity contribution in [2.75, 3.05) is 5.32 Å². The summed E-state index contributed by atoms with van der Waals surface area (Å²) >= 11 is 0. The van der Waals surface area contributed by atoms with Crippen LogP contribution in [-0.4, -0.2) is 9.91 Å². The third-order valence-corrected chi connectivity index (χ3v) is 2.81. The summed E-state index contributed by atoms with van der Waals surface area (Å²) in [5.74, 6) is 1.40. The lowest BCUT2D eigenvalue weighted by atomic mass is 10.2. The van der Waals surface area contributed by atoms with Crippen LogP contribution in [0.2, 0.25) is 0 Å². The van der Waals surface area contributed by atoms with Crippen molar-refractivity contribution in [1.82, 2.24) is 4.98 Å². The minimum Gasteiger partial charge on any atom is -0.444 e. The van der Waals surface area contributed by atoms with E-state index in [9.17, 15) is 10.1 Å². The molecule has 1 heterocycles. The van der Waals surface area contributed by atoms with Gasteiger partial charge in [0.15, 0.2) is 0 Å². The van der Waals surface area contributed by atoms with Crippen molar-refractivity contribution in [3.8, 4) is 0 Å². The van der Waals surface area contributed by atoms with Crippen LogP contribution in [0.15, 0.2) is 28.8 Å². The van der Waals surface area contributed by atoms with E-state index in [1.54, 1.807) is 12.3 Å². The highest BCUT2D eigenvalue weighted by atomic mass is 16.6. The van der Waals surface area contributed by atoms with Gasteiger partial charge >= 0.3 is 0 Å². The van der Waals surface area contributed by atoms with E-state index < -0.39 is 4.92 Å². The van der Waals surface area contributed by atoms with Gasteiger partial charge in [-0.2, -0.15) is 0 Å². The molecule has 1 aromatic heterocycles. The zero-order valence-electron chi connectivity index (χ0n) is 10.8. The number of anilines is 1. The van der Waals surface area contributed by atoms with Gasteiger partial charge in [-0.15, -0.1) is 0 Å². The maximum atomic E-state index is 10.7. The van der Waals surface area contributed by atoms with E-state index >= 15 is 0 Å². The molecule has 0 aliphatic rings. The highest BCUT2D eigenvalue weighted by Gasteiger charge is 2.09. The topological polar surface area (TPSA) is 81.2 Å². The predicted molar refractivity (Wildman–Crippen MR) is 71.0 cm³/mol. The highest BCUT2D eigenvalue weighted by molar-refractivity contribution is 5.56. The largest absolute Gasteiger partial charge is 0.444 e. The predicted octanol–water partition coefficient (Wildman–Crippen LogP) is 3.07. The van der Waals surface area contributed by atoms with Gasteiger partial charge in [0.25, 0.3) is 5.69 Å². The lowest BCUT2D eigenvalue weighted by Crippen LogP contribution is -2.02. The maximum absolute atomic E-state index is 10.7. The Bertz CT molecular complexity index is 593. The summed E-state index contributed by atoms with van der Waals surface area (Å²) in [7, 11) is 0. The number of nitro groups is 1. The molecule has 0 amide bonds. The molecule has 6 nitrogen and oxygen atoms in total. The average Bonchev–Trinajstić information content (AvgIpc) is 2.85. The van der Waals surface area contributed by atoms with E-state index in [1.165, 1.54) is 12.1 Å². The molecule has 2 aromatic rings. The number of aryl methyl sites for hydroxylation is 2. The van der Waals surface area contributed by atoms with Gasteiger partial charge in [-0.1, -0.05) is 13.0 Å². The number of nitrogens with zero attached hydrogens (tertiary/aromatic N) is 2. The van der Waals surface area contributed by atoms with E-state index in [2.05, 4.69) is 10.3 Å². The van der Waals surface area contributed by atoms with Gasteiger partial charge in [0, 0.05) is 24.2 Å². The molecule has 100 valence electrons. The molecule has 0 aliphatic heterocycles. The minimum absolute atomic E-state index is 0.0646. The van der Waals surface area contributed by atoms with Crippen LogP contribution in [0.3, 0.4) is 0 Å². The molecule has 0 fully saturated rings. The van der Waals surface area contributed by atoms with E-state index in [-0.39, 0.29) is 5.69 Å². The fraction of sp³-hybridized carbons (Fsp3) is 0.308. The Morgan fingerprint density at radius 2 is 2.26 bits per heavy atom. The van der Waals surface area contributed by atoms with Gasteiger partial charge < -0.3 is 9.73 Å². The normalized spacial score (nSPS) is 10.4. The first-order valence-electron chi connectivity index (χ1n) is 6.02. The first-order chi connectivity index (χ1) is 9.10. The lowest BCUT2D eigenvalue weighted by molar-refractivity contribution is -0.384. The standard InChI is InChI=1S/C13H15N3O3/c1-3-11-7-15-13(19-11)8-14-12-6-10(16(17)18)5-4-9(12)2/h4-7,14H,3,8H2,1-2H3. The number of aromatic nitrogens is 1. The fourth-order valence-electron chi connectivity index (χ4n) is 1.68. The molecule has 0 saturated carbocycles. The molecule has 0 spiro atoms. The summed E-state index contributed by atoms with van der Waals surface area (Å²) in [6, 6.07) is 4.72. The van der Waals surface area contributed by atoms with Crippen LogP contribution in [0.25, 0.3) is 0 Å². The molecule has 0 radical (unpaired) electrons. The number of nitrogens with one attached hydrogen (secondary N) is 1. The molecule has 0 saturated heterocycles. The van der Waals surface area contributed by atoms with Crippen LogP contribution in [0, 0.1) is 17.0 Å². The Morgan fingerprint density at radius 1 is 1.47 bits per heavy atom. The van der Waals surface area contributed by atoms with E-state index in [4.69, 9.17) is 4.42 Å². The highest BCUT2D eigenvalue weighted by Crippen LogP contribution is 2.22. The zero-order valence-corrected chi connectivity index (χ0v) is 10.8. The summed E-state index contributed by atoms with van der Waals surface area (Å²) in [6.07, 6.45) is 2.49. The Hall–Kier alpha value is -2.37. The van der Waals surface area contributed by atoms with Crippen LogP contribution in [0.1, 0.15) is 24.1 Å². The smallest absolute Gasteiger partial charge is 0.271 e. The molecule has 1 N–H and O–H groups in total. The van der Waals surface area contributed by atoms with Gasteiger partial charge in [-0.25, -0.2) is 4.98 Å². The lowest BCUT2D eigenvalue weighted by Gasteiger charge is -2.07. The number of hydrogen-bond donors (Lipinski definition) is 1. The van der Waals surface area contributed by atoms with Crippen LogP contribution in [0.4, 0.5) is 11.4 Å². The van der Waals surface area contributed by atoms with Crippen molar-refractivity contribution >= 4 is 11.4 Å². The van der Waals surface area contributed by atoms with Gasteiger partial charge in [-0.05, 0) is 12.5 Å².